The number of benzene rings is 1. The van der Waals surface area contributed by atoms with Crippen LogP contribution in [-0.4, -0.2) is 17.0 Å². The van der Waals surface area contributed by atoms with Gasteiger partial charge in [0.2, 0.25) is 0 Å². The highest BCUT2D eigenvalue weighted by Crippen LogP contribution is 2.17. The van der Waals surface area contributed by atoms with Crippen LogP contribution in [0.4, 0.5) is 5.69 Å². The molecule has 0 bridgehead atoms. The molecule has 3 heteroatoms. The summed E-state index contributed by atoms with van der Waals surface area (Å²) in [6.45, 7) is 7.18. The minimum absolute atomic E-state index is 0.0999. The minimum Gasteiger partial charge on any atom is -0.399 e. The first kappa shape index (κ1) is 13.5. The van der Waals surface area contributed by atoms with E-state index in [0.717, 1.165) is 11.1 Å². The Balaban J connectivity index is 2.68. The molecule has 0 aliphatic carbocycles. The van der Waals surface area contributed by atoms with Crippen LogP contribution in [0.25, 0.3) is 0 Å². The number of anilines is 1. The first-order valence-corrected chi connectivity index (χ1v) is 5.62. The second kappa shape index (κ2) is 5.64. The van der Waals surface area contributed by atoms with Crippen LogP contribution in [0.5, 0.6) is 0 Å². The zero-order valence-corrected chi connectivity index (χ0v) is 10.4. The normalized spacial score (nSPS) is 12.2. The standard InChI is InChI=1S/C14H19NO2/c1-9(2)14(17)8-12(16)7-11-6-10(3)4-5-13(11)15/h4-6,12,16H,1,7-8,15H2,2-3H3. The number of aryl methyl sites for hydroxylation is 1. The third kappa shape index (κ3) is 4.04. The Morgan fingerprint density at radius 2 is 2.18 bits per heavy atom. The smallest absolute Gasteiger partial charge is 0.160 e. The Morgan fingerprint density at radius 3 is 2.76 bits per heavy atom. The molecule has 17 heavy (non-hydrogen) atoms. The lowest BCUT2D eigenvalue weighted by molar-refractivity contribution is -0.117. The van der Waals surface area contributed by atoms with Gasteiger partial charge in [0.05, 0.1) is 6.10 Å². The van der Waals surface area contributed by atoms with E-state index in [2.05, 4.69) is 6.58 Å². The summed E-state index contributed by atoms with van der Waals surface area (Å²) >= 11 is 0. The molecule has 92 valence electrons. The van der Waals surface area contributed by atoms with Gasteiger partial charge in [-0.3, -0.25) is 4.79 Å². The molecule has 0 aromatic heterocycles. The fraction of sp³-hybridized carbons (Fsp3) is 0.357. The Bertz CT molecular complexity index is 438. The summed E-state index contributed by atoms with van der Waals surface area (Å²) in [7, 11) is 0. The molecule has 1 aromatic rings. The summed E-state index contributed by atoms with van der Waals surface area (Å²) in [6.07, 6.45) is -0.210. The maximum atomic E-state index is 11.4. The van der Waals surface area contributed by atoms with E-state index in [1.54, 1.807) is 6.92 Å². The van der Waals surface area contributed by atoms with E-state index in [1.165, 1.54) is 0 Å². The summed E-state index contributed by atoms with van der Waals surface area (Å²) in [5, 5.41) is 9.82. The molecule has 0 aliphatic rings. The van der Waals surface area contributed by atoms with Crippen molar-refractivity contribution in [3.05, 3.63) is 41.5 Å². The van der Waals surface area contributed by atoms with Gasteiger partial charge < -0.3 is 10.8 Å². The molecular formula is C14H19NO2. The number of Topliss-reactive ketones (excluding diaryl/α,β-unsaturated/α-hetero) is 1. The van der Waals surface area contributed by atoms with Crippen molar-refractivity contribution in [1.82, 2.24) is 0 Å². The highest BCUT2D eigenvalue weighted by molar-refractivity contribution is 5.94. The van der Waals surface area contributed by atoms with E-state index in [-0.39, 0.29) is 12.2 Å². The van der Waals surface area contributed by atoms with Crippen LogP contribution in [0.2, 0.25) is 0 Å². The van der Waals surface area contributed by atoms with Crippen molar-refractivity contribution >= 4 is 11.5 Å². The van der Waals surface area contributed by atoms with E-state index in [0.29, 0.717) is 17.7 Å². The molecule has 0 heterocycles. The van der Waals surface area contributed by atoms with Crippen molar-refractivity contribution in [3.63, 3.8) is 0 Å². The van der Waals surface area contributed by atoms with E-state index in [1.807, 2.05) is 25.1 Å². The van der Waals surface area contributed by atoms with Gasteiger partial charge in [0.1, 0.15) is 0 Å². The highest BCUT2D eigenvalue weighted by Gasteiger charge is 2.13. The molecule has 0 aliphatic heterocycles. The maximum absolute atomic E-state index is 11.4. The predicted molar refractivity (Wildman–Crippen MR) is 69.7 cm³/mol. The van der Waals surface area contributed by atoms with Gasteiger partial charge >= 0.3 is 0 Å². The van der Waals surface area contributed by atoms with Gasteiger partial charge in [0, 0.05) is 18.5 Å². The number of nitrogen functional groups attached to an aromatic ring is 1. The van der Waals surface area contributed by atoms with E-state index in [4.69, 9.17) is 5.73 Å². The minimum atomic E-state index is -0.705. The molecular weight excluding hydrogens is 214 g/mol. The molecule has 0 spiro atoms. The van der Waals surface area contributed by atoms with Crippen molar-refractivity contribution in [2.45, 2.75) is 32.8 Å². The predicted octanol–water partition coefficient (Wildman–Crippen LogP) is 2.02. The van der Waals surface area contributed by atoms with Crippen molar-refractivity contribution in [2.75, 3.05) is 5.73 Å². The number of nitrogens with two attached hydrogens (primary N) is 1. The maximum Gasteiger partial charge on any atom is 0.160 e. The lowest BCUT2D eigenvalue weighted by atomic mass is 9.99. The topological polar surface area (TPSA) is 63.3 Å². The van der Waals surface area contributed by atoms with E-state index >= 15 is 0 Å². The molecule has 1 rings (SSSR count). The van der Waals surface area contributed by atoms with Gasteiger partial charge in [-0.05, 0) is 31.1 Å². The molecule has 0 saturated carbocycles. The molecule has 3 nitrogen and oxygen atoms in total. The molecule has 1 unspecified atom stereocenters. The van der Waals surface area contributed by atoms with E-state index < -0.39 is 6.10 Å². The highest BCUT2D eigenvalue weighted by atomic mass is 16.3. The van der Waals surface area contributed by atoms with Crippen LogP contribution in [0.15, 0.2) is 30.4 Å². The number of carbonyl (C=O) groups excluding carboxylic acids is 1. The van der Waals surface area contributed by atoms with Crippen molar-refractivity contribution in [3.8, 4) is 0 Å². The summed E-state index contributed by atoms with van der Waals surface area (Å²) in [6, 6.07) is 5.67. The number of carbonyl (C=O) groups is 1. The van der Waals surface area contributed by atoms with Crippen LogP contribution >= 0.6 is 0 Å². The third-order valence-electron chi connectivity index (χ3n) is 2.65. The Labute approximate surface area is 102 Å². The quantitative estimate of drug-likeness (QED) is 0.604. The number of aliphatic hydroxyl groups is 1. The van der Waals surface area contributed by atoms with Gasteiger partial charge in [0.15, 0.2) is 5.78 Å². The Hall–Kier alpha value is -1.61. The molecule has 0 saturated heterocycles. The largest absolute Gasteiger partial charge is 0.399 e. The van der Waals surface area contributed by atoms with Crippen LogP contribution in [0, 0.1) is 6.92 Å². The zero-order valence-electron chi connectivity index (χ0n) is 10.4. The number of hydrogen-bond acceptors (Lipinski definition) is 3. The van der Waals surface area contributed by atoms with Gasteiger partial charge in [-0.1, -0.05) is 24.3 Å². The van der Waals surface area contributed by atoms with Crippen LogP contribution < -0.4 is 5.73 Å². The lowest BCUT2D eigenvalue weighted by Crippen LogP contribution is -2.17. The van der Waals surface area contributed by atoms with Crippen molar-refractivity contribution in [1.29, 1.82) is 0 Å². The van der Waals surface area contributed by atoms with Crippen molar-refractivity contribution < 1.29 is 9.90 Å². The second-order valence-electron chi connectivity index (χ2n) is 4.47. The average molecular weight is 233 g/mol. The number of allylic oxidation sites excluding steroid dienone is 1. The fourth-order valence-corrected chi connectivity index (χ4v) is 1.63. The third-order valence-corrected chi connectivity index (χ3v) is 2.65. The number of aliphatic hydroxyl groups excluding tert-OH is 1. The molecule has 1 atom stereocenters. The number of rotatable bonds is 5. The molecule has 1 aromatic carbocycles. The molecule has 0 fully saturated rings. The zero-order chi connectivity index (χ0) is 13.0. The van der Waals surface area contributed by atoms with E-state index in [9.17, 15) is 9.90 Å². The molecule has 0 amide bonds. The lowest BCUT2D eigenvalue weighted by Gasteiger charge is -2.12. The van der Waals surface area contributed by atoms with Gasteiger partial charge in [-0.25, -0.2) is 0 Å². The Kier molecular flexibility index (Phi) is 4.46. The van der Waals surface area contributed by atoms with Crippen LogP contribution in [-0.2, 0) is 11.2 Å². The van der Waals surface area contributed by atoms with Gasteiger partial charge in [0.25, 0.3) is 0 Å². The molecule has 3 N–H and O–H groups in total. The fourth-order valence-electron chi connectivity index (χ4n) is 1.63. The SMILES string of the molecule is C=C(C)C(=O)CC(O)Cc1cc(C)ccc1N. The van der Waals surface area contributed by atoms with Gasteiger partial charge in [-0.2, -0.15) is 0 Å². The first-order chi connectivity index (χ1) is 7.90. The van der Waals surface area contributed by atoms with Gasteiger partial charge in [-0.15, -0.1) is 0 Å². The van der Waals surface area contributed by atoms with Crippen molar-refractivity contribution in [2.24, 2.45) is 0 Å². The van der Waals surface area contributed by atoms with Crippen LogP contribution in [0.1, 0.15) is 24.5 Å². The first-order valence-electron chi connectivity index (χ1n) is 5.62. The summed E-state index contributed by atoms with van der Waals surface area (Å²) in [5.41, 5.74) is 8.91. The van der Waals surface area contributed by atoms with Crippen LogP contribution in [0.3, 0.4) is 0 Å². The summed E-state index contributed by atoms with van der Waals surface area (Å²) < 4.78 is 0. The summed E-state index contributed by atoms with van der Waals surface area (Å²) in [4.78, 5) is 11.4. The second-order valence-corrected chi connectivity index (χ2v) is 4.47. The Morgan fingerprint density at radius 1 is 1.53 bits per heavy atom. The number of hydrogen-bond donors (Lipinski definition) is 2. The summed E-state index contributed by atoms with van der Waals surface area (Å²) in [5.74, 6) is -0.108. The average Bonchev–Trinajstić information content (AvgIpc) is 2.23. The molecule has 0 radical (unpaired) electrons. The monoisotopic (exact) mass is 233 g/mol. The number of ketones is 1.